The highest BCUT2D eigenvalue weighted by Gasteiger charge is 2.39. The second-order valence-electron chi connectivity index (χ2n) is 31.1. The molecule has 128 heavy (non-hydrogen) atoms. The fourth-order valence-electron chi connectivity index (χ4n) is 15.6. The van der Waals surface area contributed by atoms with Crippen LogP contribution in [0.5, 0.6) is 28.7 Å². The maximum Gasteiger partial charge on any atom is 0.274 e. The number of carbonyl (C=O) groups is 8. The van der Waals surface area contributed by atoms with Gasteiger partial charge in [-0.2, -0.15) is 18.5 Å². The van der Waals surface area contributed by atoms with E-state index in [0.29, 0.717) is 131 Å². The Balaban J connectivity index is 0.000000180. The van der Waals surface area contributed by atoms with Crippen molar-refractivity contribution in [2.75, 3.05) is 98.1 Å². The molecule has 0 spiro atoms. The van der Waals surface area contributed by atoms with Gasteiger partial charge in [-0.15, -0.1) is 0 Å². The van der Waals surface area contributed by atoms with Gasteiger partial charge < -0.3 is 48.1 Å². The molecule has 678 valence electrons. The van der Waals surface area contributed by atoms with Crippen LogP contribution in [0.3, 0.4) is 0 Å². The molecule has 8 heterocycles. The Hall–Kier alpha value is -12.6. The molecule has 5 saturated heterocycles. The van der Waals surface area contributed by atoms with Gasteiger partial charge in [-0.05, 0) is 205 Å². The van der Waals surface area contributed by atoms with Crippen LogP contribution < -0.4 is 28.7 Å². The highest BCUT2D eigenvalue weighted by molar-refractivity contribution is 7.89. The van der Waals surface area contributed by atoms with E-state index in [9.17, 15) is 55.2 Å². The Bertz CT molecular complexity index is 5310. The standard InChI is InChI=1S/C20H22N2O3.C20H21NO4.C19H24N4O3.C19H21NO4S.C18H20N2O4S.2CH4/c1-15-6-4-9-19(18(15)13-23)25-14-17-8-2-3-11-22(17)20(24)16-7-5-10-21-12-16;1-15-6-5-9-19(18(15)12-22)25-14-17-13-24-11-10-21(17)20(23)16-7-3-2-4-8-16;1-14-6-4-8-18(16(14)12-24)26-13-15-7-5-11-22(15)19(25)17-9-10-20-23(17)21(2)3;1-15-7-5-11-19(18(15)13-21)24-14-16-8-6-12-20(16)25(22,23)17-9-3-2-4-10-17;1-14-5-2-8-18(17(14)12-21)24-13-15-6-4-10-20(15)25(22,23)16-7-3-9-19-11-16;;/h4-7,9-10,12-13,17H,2-3,8,11,14H2,1H3;2-9,12,17H,10-11,13-14H2,1H3;4,6,8-10,12,15H,5,7,11,13H2,1-3H3;2-5,7,9-11,13,16H,6,8,12,14H2,1H3;2-3,5,7-9,11-12,15H,4,6,10,13H2,1H3;2*1H4/t2*17-;15-;16-;15-;;/m00000../s1. The fraction of sp³-hybridized carbons (Fsp3) is 0.357. The summed E-state index contributed by atoms with van der Waals surface area (Å²) < 4.78 is 89.1. The number of benzene rings is 7. The Morgan fingerprint density at radius 1 is 0.383 bits per heavy atom. The molecule has 3 aromatic heterocycles. The predicted molar refractivity (Wildman–Crippen MR) is 490 cm³/mol. The molecule has 28 nitrogen and oxygen atoms in total. The van der Waals surface area contributed by atoms with E-state index >= 15 is 0 Å². The van der Waals surface area contributed by atoms with E-state index < -0.39 is 20.0 Å². The average molecular weight is 1790 g/mol. The molecule has 30 heteroatoms. The first-order chi connectivity index (χ1) is 61.0. The molecule has 5 atom stereocenters. The zero-order chi connectivity index (χ0) is 89.7. The Morgan fingerprint density at radius 3 is 1.17 bits per heavy atom. The SMILES string of the molecule is C.C.Cc1cccc(OC[C@@H]2CCCCN2C(=O)c2cccnc2)c1C=O.Cc1cccc(OC[C@@H]2CCCN2C(=O)c2ccnn2N(C)C)c1C=O.Cc1cccc(OC[C@@H]2CCCN2S(=O)(=O)c2ccccc2)c1C=O.Cc1cccc(OC[C@@H]2CCCN2S(=O)(=O)c2cccnc2)c1C=O.Cc1cccc(OC[C@@H]2COCCN2C(=O)c2ccccc2)c1C=O. The summed E-state index contributed by atoms with van der Waals surface area (Å²) in [6.07, 6.45) is 19.6. The number of likely N-dealkylation sites (tertiary alicyclic amines) is 2. The first-order valence-corrected chi connectivity index (χ1v) is 44.9. The lowest BCUT2D eigenvalue weighted by atomic mass is 10.0. The van der Waals surface area contributed by atoms with Crippen molar-refractivity contribution in [3.63, 3.8) is 0 Å². The van der Waals surface area contributed by atoms with E-state index in [4.69, 9.17) is 28.4 Å². The predicted octanol–water partition coefficient (Wildman–Crippen LogP) is 14.6. The van der Waals surface area contributed by atoms with Crippen LogP contribution in [-0.4, -0.2) is 232 Å². The van der Waals surface area contributed by atoms with Crippen molar-refractivity contribution in [1.29, 1.82) is 0 Å². The van der Waals surface area contributed by atoms with Gasteiger partial charge in [0.15, 0.2) is 31.4 Å². The number of morpholine rings is 1. The van der Waals surface area contributed by atoms with Crippen LogP contribution in [0.25, 0.3) is 0 Å². The molecule has 5 aliphatic rings. The van der Waals surface area contributed by atoms with E-state index in [1.54, 1.807) is 143 Å². The summed E-state index contributed by atoms with van der Waals surface area (Å²) in [6.45, 7) is 14.6. The number of aldehydes is 5. The maximum absolute atomic E-state index is 13.0. The van der Waals surface area contributed by atoms with Crippen LogP contribution in [0, 0.1) is 34.6 Å². The number of ether oxygens (including phenoxy) is 6. The number of aromatic nitrogens is 4. The molecule has 0 radical (unpaired) electrons. The first kappa shape index (κ1) is 99.2. The normalized spacial score (nSPS) is 17.2. The lowest BCUT2D eigenvalue weighted by Crippen LogP contribution is -2.51. The van der Waals surface area contributed by atoms with Crippen molar-refractivity contribution in [1.82, 2.24) is 43.2 Å². The molecule has 5 aliphatic heterocycles. The molecule has 5 fully saturated rings. The molecular weight excluding hydrogens is 1670 g/mol. The van der Waals surface area contributed by atoms with Gasteiger partial charge in [-0.3, -0.25) is 48.3 Å². The smallest absolute Gasteiger partial charge is 0.274 e. The third-order valence-corrected chi connectivity index (χ3v) is 26.5. The second kappa shape index (κ2) is 48.4. The molecule has 0 N–H and O–H groups in total. The molecule has 0 unspecified atom stereocenters. The number of aryl methyl sites for hydroxylation is 5. The number of hydrogen-bond donors (Lipinski definition) is 0. The molecule has 0 saturated carbocycles. The van der Waals surface area contributed by atoms with Crippen molar-refractivity contribution in [2.24, 2.45) is 0 Å². The van der Waals surface area contributed by atoms with Gasteiger partial charge in [0.2, 0.25) is 20.0 Å². The molecule has 15 rings (SSSR count). The van der Waals surface area contributed by atoms with E-state index in [2.05, 4.69) is 15.1 Å². The molecule has 0 aliphatic carbocycles. The average Bonchev–Trinajstić information content (AvgIpc) is 1.59. The van der Waals surface area contributed by atoms with Crippen LogP contribution >= 0.6 is 0 Å². The summed E-state index contributed by atoms with van der Waals surface area (Å²) >= 11 is 0. The summed E-state index contributed by atoms with van der Waals surface area (Å²) in [5, 5.41) is 5.95. The highest BCUT2D eigenvalue weighted by atomic mass is 32.2. The first-order valence-electron chi connectivity index (χ1n) is 42.1. The third-order valence-electron chi connectivity index (χ3n) is 22.6. The summed E-state index contributed by atoms with van der Waals surface area (Å²) in [5.74, 6) is 2.57. The Morgan fingerprint density at radius 2 is 0.742 bits per heavy atom. The lowest BCUT2D eigenvalue weighted by Gasteiger charge is -2.35. The summed E-state index contributed by atoms with van der Waals surface area (Å²) in [5.41, 5.74) is 8.78. The number of piperidine rings is 1. The Labute approximate surface area is 751 Å². The molecule has 3 amide bonds. The van der Waals surface area contributed by atoms with Gasteiger partial charge in [0.05, 0.1) is 87.9 Å². The maximum atomic E-state index is 13.0. The molecular formula is C98H116N10O18S2. The molecule has 7 aromatic carbocycles. The van der Waals surface area contributed by atoms with Gasteiger partial charge in [0.1, 0.15) is 72.4 Å². The highest BCUT2D eigenvalue weighted by Crippen LogP contribution is 2.33. The minimum atomic E-state index is -3.59. The third kappa shape index (κ3) is 25.2. The summed E-state index contributed by atoms with van der Waals surface area (Å²) in [7, 11) is -3.45. The summed E-state index contributed by atoms with van der Waals surface area (Å²) in [6, 6.07) is 52.7. The minimum Gasteiger partial charge on any atom is -0.491 e. The van der Waals surface area contributed by atoms with Crippen molar-refractivity contribution >= 4 is 69.2 Å². The van der Waals surface area contributed by atoms with E-state index in [1.807, 2.05) is 137 Å². The van der Waals surface area contributed by atoms with Crippen LogP contribution in [-0.2, 0) is 24.8 Å². The fourth-order valence-corrected chi connectivity index (χ4v) is 19.0. The number of amides is 3. The van der Waals surface area contributed by atoms with Crippen molar-refractivity contribution in [3.05, 3.63) is 285 Å². The van der Waals surface area contributed by atoms with Crippen molar-refractivity contribution in [2.45, 2.75) is 147 Å². The quantitative estimate of drug-likeness (QED) is 0.0411. The van der Waals surface area contributed by atoms with Crippen LogP contribution in [0.15, 0.2) is 223 Å². The van der Waals surface area contributed by atoms with E-state index in [0.717, 1.165) is 124 Å². The van der Waals surface area contributed by atoms with E-state index in [-0.39, 0.29) is 87.5 Å². The van der Waals surface area contributed by atoms with Crippen LogP contribution in [0.2, 0.25) is 0 Å². The number of pyridine rings is 2. The number of carbonyl (C=O) groups excluding carboxylic acids is 8. The van der Waals surface area contributed by atoms with Crippen LogP contribution in [0.4, 0.5) is 0 Å². The number of nitrogens with zero attached hydrogens (tertiary/aromatic N) is 10. The monoisotopic (exact) mass is 1780 g/mol. The molecule has 0 bridgehead atoms. The van der Waals surface area contributed by atoms with Gasteiger partial charge in [-0.1, -0.05) is 112 Å². The van der Waals surface area contributed by atoms with Gasteiger partial charge in [0, 0.05) is 77.2 Å². The lowest BCUT2D eigenvalue weighted by molar-refractivity contribution is -0.0151. The van der Waals surface area contributed by atoms with Crippen LogP contribution in [0.1, 0.15) is 183 Å². The number of rotatable bonds is 28. The molecule has 10 aromatic rings. The van der Waals surface area contributed by atoms with Crippen molar-refractivity contribution in [3.8, 4) is 28.7 Å². The summed E-state index contributed by atoms with van der Waals surface area (Å²) in [4.78, 5) is 110. The van der Waals surface area contributed by atoms with Gasteiger partial charge in [0.25, 0.3) is 17.7 Å². The number of sulfonamides is 2. The van der Waals surface area contributed by atoms with E-state index in [1.165, 1.54) is 14.8 Å². The van der Waals surface area contributed by atoms with Gasteiger partial charge in [-0.25, -0.2) is 16.8 Å². The topological polar surface area (TPSA) is 323 Å². The largest absolute Gasteiger partial charge is 0.491 e. The van der Waals surface area contributed by atoms with Gasteiger partial charge >= 0.3 is 0 Å². The van der Waals surface area contributed by atoms with Crippen molar-refractivity contribution < 1.29 is 83.6 Å². The zero-order valence-electron chi connectivity index (χ0n) is 72.0. The minimum absolute atomic E-state index is 0. The number of hydrogen-bond acceptors (Lipinski definition) is 22. The second-order valence-corrected chi connectivity index (χ2v) is 34.9. The zero-order valence-corrected chi connectivity index (χ0v) is 73.6. The Kier molecular flexibility index (Phi) is 37.5.